The molecule has 1 heterocycles. The summed E-state index contributed by atoms with van der Waals surface area (Å²) in [4.78, 5) is 12.6. The predicted octanol–water partition coefficient (Wildman–Crippen LogP) is 1.99. The van der Waals surface area contributed by atoms with E-state index in [1.165, 1.54) is 11.3 Å². The van der Waals surface area contributed by atoms with E-state index in [0.717, 1.165) is 16.5 Å². The van der Waals surface area contributed by atoms with Crippen LogP contribution in [0, 0.1) is 0 Å². The number of aliphatic hydroxyl groups excluding tert-OH is 1. The Labute approximate surface area is 121 Å². The first kappa shape index (κ1) is 14.6. The number of nitrogens with one attached hydrogen (secondary N) is 1. The van der Waals surface area contributed by atoms with Gasteiger partial charge < -0.3 is 20.9 Å². The van der Waals surface area contributed by atoms with Gasteiger partial charge in [-0.1, -0.05) is 6.07 Å². The Morgan fingerprint density at radius 3 is 2.95 bits per heavy atom. The van der Waals surface area contributed by atoms with E-state index in [1.807, 2.05) is 18.2 Å². The highest BCUT2D eigenvalue weighted by Gasteiger charge is 2.18. The fourth-order valence-corrected chi connectivity index (χ4v) is 3.05. The zero-order valence-corrected chi connectivity index (χ0v) is 12.1. The molecule has 0 saturated carbocycles. The molecule has 0 spiro atoms. The maximum Gasteiger partial charge on any atom is 0.263 e. The van der Waals surface area contributed by atoms with E-state index in [4.69, 9.17) is 15.6 Å². The molecule has 0 saturated heterocycles. The smallest absolute Gasteiger partial charge is 0.263 e. The zero-order valence-electron chi connectivity index (χ0n) is 11.3. The van der Waals surface area contributed by atoms with Gasteiger partial charge in [0.2, 0.25) is 0 Å². The number of carbonyl (C=O) groups excluding carboxylic acids is 1. The van der Waals surface area contributed by atoms with Crippen LogP contribution in [0.4, 0.5) is 5.69 Å². The van der Waals surface area contributed by atoms with Crippen LogP contribution in [0.25, 0.3) is 10.1 Å². The standard InChI is InChI=1S/C14H18N2O3S/c1-19-9-5-4-6-10-11(9)12(15)13(20-10)14(18)16-7-2-3-8-17/h4-6,17H,2-3,7-8,15H2,1H3,(H,16,18). The lowest BCUT2D eigenvalue weighted by molar-refractivity contribution is 0.0957. The third kappa shape index (κ3) is 2.86. The highest BCUT2D eigenvalue weighted by molar-refractivity contribution is 7.21. The average molecular weight is 294 g/mol. The number of thiophene rings is 1. The van der Waals surface area contributed by atoms with Crippen molar-refractivity contribution in [2.45, 2.75) is 12.8 Å². The van der Waals surface area contributed by atoms with Crippen molar-refractivity contribution >= 4 is 33.0 Å². The molecule has 0 aliphatic rings. The number of nitrogens with two attached hydrogens (primary N) is 1. The van der Waals surface area contributed by atoms with Gasteiger partial charge in [0.25, 0.3) is 5.91 Å². The van der Waals surface area contributed by atoms with Gasteiger partial charge in [-0.2, -0.15) is 0 Å². The number of unbranched alkanes of at least 4 members (excludes halogenated alkanes) is 1. The molecule has 2 aromatic rings. The predicted molar refractivity (Wildman–Crippen MR) is 81.4 cm³/mol. The molecule has 0 fully saturated rings. The molecule has 0 atom stereocenters. The van der Waals surface area contributed by atoms with Gasteiger partial charge in [-0.15, -0.1) is 11.3 Å². The quantitative estimate of drug-likeness (QED) is 0.711. The van der Waals surface area contributed by atoms with Crippen LogP contribution < -0.4 is 15.8 Å². The fraction of sp³-hybridized carbons (Fsp3) is 0.357. The van der Waals surface area contributed by atoms with Crippen molar-refractivity contribution in [2.75, 3.05) is 26.0 Å². The molecule has 2 rings (SSSR count). The zero-order chi connectivity index (χ0) is 14.5. The maximum absolute atomic E-state index is 12.1. The van der Waals surface area contributed by atoms with Crippen molar-refractivity contribution in [1.29, 1.82) is 0 Å². The number of carbonyl (C=O) groups is 1. The van der Waals surface area contributed by atoms with E-state index in [9.17, 15) is 4.79 Å². The SMILES string of the molecule is COc1cccc2sc(C(=O)NCCCCO)c(N)c12. The number of methoxy groups -OCH3 is 1. The molecule has 1 amide bonds. The molecule has 0 bridgehead atoms. The Morgan fingerprint density at radius 1 is 1.45 bits per heavy atom. The van der Waals surface area contributed by atoms with E-state index in [0.29, 0.717) is 29.3 Å². The summed E-state index contributed by atoms with van der Waals surface area (Å²) in [6.07, 6.45) is 1.42. The first-order valence-corrected chi connectivity index (χ1v) is 7.24. The molecule has 6 heteroatoms. The molecule has 0 aliphatic carbocycles. The second-order valence-corrected chi connectivity index (χ2v) is 5.42. The van der Waals surface area contributed by atoms with E-state index in [2.05, 4.69) is 5.32 Å². The summed E-state index contributed by atoms with van der Waals surface area (Å²) >= 11 is 1.36. The minimum absolute atomic E-state index is 0.137. The first-order valence-electron chi connectivity index (χ1n) is 6.43. The van der Waals surface area contributed by atoms with Gasteiger partial charge in [0.1, 0.15) is 10.6 Å². The van der Waals surface area contributed by atoms with E-state index >= 15 is 0 Å². The van der Waals surface area contributed by atoms with Crippen molar-refractivity contribution < 1.29 is 14.6 Å². The lowest BCUT2D eigenvalue weighted by Crippen LogP contribution is -2.24. The highest BCUT2D eigenvalue weighted by Crippen LogP contribution is 2.39. The van der Waals surface area contributed by atoms with Crippen molar-refractivity contribution in [3.8, 4) is 5.75 Å². The van der Waals surface area contributed by atoms with Crippen LogP contribution in [0.2, 0.25) is 0 Å². The first-order chi connectivity index (χ1) is 9.69. The number of fused-ring (bicyclic) bond motifs is 1. The van der Waals surface area contributed by atoms with Crippen molar-refractivity contribution in [2.24, 2.45) is 0 Å². The van der Waals surface area contributed by atoms with Gasteiger partial charge >= 0.3 is 0 Å². The van der Waals surface area contributed by atoms with Gasteiger partial charge in [-0.3, -0.25) is 4.79 Å². The number of anilines is 1. The molecular formula is C14H18N2O3S. The van der Waals surface area contributed by atoms with Gasteiger partial charge in [0.15, 0.2) is 0 Å². The molecular weight excluding hydrogens is 276 g/mol. The van der Waals surface area contributed by atoms with Crippen LogP contribution in [-0.4, -0.2) is 31.3 Å². The monoisotopic (exact) mass is 294 g/mol. The largest absolute Gasteiger partial charge is 0.496 e. The van der Waals surface area contributed by atoms with Crippen molar-refractivity contribution in [3.05, 3.63) is 23.1 Å². The van der Waals surface area contributed by atoms with Crippen LogP contribution in [-0.2, 0) is 0 Å². The van der Waals surface area contributed by atoms with Crippen LogP contribution in [0.3, 0.4) is 0 Å². The molecule has 5 nitrogen and oxygen atoms in total. The lowest BCUT2D eigenvalue weighted by Gasteiger charge is -2.04. The number of ether oxygens (including phenoxy) is 1. The molecule has 108 valence electrons. The highest BCUT2D eigenvalue weighted by atomic mass is 32.1. The van der Waals surface area contributed by atoms with Crippen LogP contribution in [0.1, 0.15) is 22.5 Å². The molecule has 4 N–H and O–H groups in total. The van der Waals surface area contributed by atoms with Crippen LogP contribution in [0.5, 0.6) is 5.75 Å². The topological polar surface area (TPSA) is 84.6 Å². The Balaban J connectivity index is 2.22. The normalized spacial score (nSPS) is 10.7. The second-order valence-electron chi connectivity index (χ2n) is 4.36. The summed E-state index contributed by atoms with van der Waals surface area (Å²) in [5.41, 5.74) is 6.54. The number of benzene rings is 1. The third-order valence-electron chi connectivity index (χ3n) is 3.01. The number of hydrogen-bond acceptors (Lipinski definition) is 5. The summed E-state index contributed by atoms with van der Waals surface area (Å²) in [6, 6.07) is 5.62. The summed E-state index contributed by atoms with van der Waals surface area (Å²) in [5, 5.41) is 12.3. The number of hydrogen-bond donors (Lipinski definition) is 3. The summed E-state index contributed by atoms with van der Waals surface area (Å²) < 4.78 is 6.21. The number of amides is 1. The van der Waals surface area contributed by atoms with Crippen molar-refractivity contribution in [1.82, 2.24) is 5.32 Å². The van der Waals surface area contributed by atoms with Gasteiger partial charge in [-0.05, 0) is 25.0 Å². The molecule has 0 aliphatic heterocycles. The Hall–Kier alpha value is -1.79. The van der Waals surface area contributed by atoms with E-state index in [-0.39, 0.29) is 12.5 Å². The number of nitrogen functional groups attached to an aromatic ring is 1. The van der Waals surface area contributed by atoms with E-state index in [1.54, 1.807) is 7.11 Å². The Kier molecular flexibility index (Phi) is 4.81. The molecule has 0 unspecified atom stereocenters. The van der Waals surface area contributed by atoms with Gasteiger partial charge in [0, 0.05) is 17.9 Å². The van der Waals surface area contributed by atoms with Gasteiger partial charge in [-0.25, -0.2) is 0 Å². The molecule has 0 radical (unpaired) electrons. The summed E-state index contributed by atoms with van der Waals surface area (Å²) in [7, 11) is 1.58. The second kappa shape index (κ2) is 6.58. The Bertz CT molecular complexity index is 610. The molecule has 1 aromatic heterocycles. The minimum Gasteiger partial charge on any atom is -0.496 e. The molecule has 20 heavy (non-hydrogen) atoms. The summed E-state index contributed by atoms with van der Waals surface area (Å²) in [5.74, 6) is 0.499. The van der Waals surface area contributed by atoms with Crippen molar-refractivity contribution in [3.63, 3.8) is 0 Å². The Morgan fingerprint density at radius 2 is 2.25 bits per heavy atom. The number of rotatable bonds is 6. The fourth-order valence-electron chi connectivity index (χ4n) is 2.00. The van der Waals surface area contributed by atoms with E-state index < -0.39 is 0 Å². The maximum atomic E-state index is 12.1. The third-order valence-corrected chi connectivity index (χ3v) is 4.18. The van der Waals surface area contributed by atoms with Crippen LogP contribution >= 0.6 is 11.3 Å². The summed E-state index contributed by atoms with van der Waals surface area (Å²) in [6.45, 7) is 0.669. The van der Waals surface area contributed by atoms with Crippen LogP contribution in [0.15, 0.2) is 18.2 Å². The lowest BCUT2D eigenvalue weighted by atomic mass is 10.2. The molecule has 1 aromatic carbocycles. The minimum atomic E-state index is -0.177. The number of aliphatic hydroxyl groups is 1. The average Bonchev–Trinajstić information content (AvgIpc) is 2.81. The van der Waals surface area contributed by atoms with Gasteiger partial charge in [0.05, 0.1) is 18.2 Å².